The molecule has 0 spiro atoms. The van der Waals surface area contributed by atoms with Crippen LogP contribution >= 0.6 is 0 Å². The van der Waals surface area contributed by atoms with E-state index in [1.165, 1.54) is 0 Å². The summed E-state index contributed by atoms with van der Waals surface area (Å²) in [5.41, 5.74) is 0.614. The second kappa shape index (κ2) is 23.6. The molecule has 6 heterocycles. The van der Waals surface area contributed by atoms with E-state index < -0.39 is 198 Å². The van der Waals surface area contributed by atoms with Crippen LogP contribution in [0.3, 0.4) is 0 Å². The Labute approximate surface area is 453 Å². The summed E-state index contributed by atoms with van der Waals surface area (Å²) in [6.45, 7) is 2.06. The number of allylic oxidation sites excluding steroid dienone is 1. The van der Waals surface area contributed by atoms with Crippen LogP contribution in [0.2, 0.25) is 0 Å². The highest BCUT2D eigenvalue weighted by Crippen LogP contribution is 2.68. The zero-order valence-corrected chi connectivity index (χ0v) is 43.9. The summed E-state index contributed by atoms with van der Waals surface area (Å²) >= 11 is 0. The minimum Gasteiger partial charge on any atom is -0.462 e. The summed E-state index contributed by atoms with van der Waals surface area (Å²) in [6, 6.07) is 0. The van der Waals surface area contributed by atoms with E-state index in [4.69, 9.17) is 52.1 Å². The van der Waals surface area contributed by atoms with Gasteiger partial charge < -0.3 is 134 Å². The number of hydrogen-bond donors (Lipinski definition) is 16. The minimum atomic E-state index is -2.21. The molecule has 34 atom stereocenters. The number of esters is 1. The SMILES string of the molecule is C[C@@H]1C(=O)O[C@H]2C[C@H]3[C@@H]4CC=C5C[C@@H](O[C@@H]6O[C@H](CO)[C@H](O[C@@H]7O[C@H](CO)[C@@H](O)[C@H](O[C@@H]8OC[C@@H](O)[C@H](O)[C@H]8O)[C@H]7O[C@@H]7O[C@H](CO)[C@@H](O)[C@H](O[C@@H]8O[C@H](CO)[C@@H](O)[C@H](O)[C@H]8O)[C@H]7O)[C@H](O)[C@H]6O)[C@H](O)C[C@]5(C)[C@H]4CC[C@]3(C)[C@H]21. The van der Waals surface area contributed by atoms with Crippen LogP contribution in [0.25, 0.3) is 0 Å². The Morgan fingerprint density at radius 3 is 1.77 bits per heavy atom. The van der Waals surface area contributed by atoms with Crippen molar-refractivity contribution in [3.05, 3.63) is 11.6 Å². The molecule has 0 unspecified atom stereocenters. The third-order valence-corrected chi connectivity index (χ3v) is 19.6. The van der Waals surface area contributed by atoms with Crippen molar-refractivity contribution in [3.8, 4) is 0 Å². The Hall–Kier alpha value is -1.83. The van der Waals surface area contributed by atoms with Gasteiger partial charge in [0, 0.05) is 5.92 Å². The Kier molecular flexibility index (Phi) is 18.0. The molecular formula is C51H80O28. The molecule has 0 aromatic heterocycles. The molecule has 9 fully saturated rings. The molecule has 0 aromatic rings. The van der Waals surface area contributed by atoms with Gasteiger partial charge in [0.05, 0.1) is 51.2 Å². The number of aliphatic hydroxyl groups excluding tert-OH is 16. The van der Waals surface area contributed by atoms with Crippen LogP contribution in [0.5, 0.6) is 0 Å². The standard InChI is InChI=1S/C51H80O28/c1-16-29-24(70-44(16)68)9-20-18-5-4-17-8-23(21(56)10-51(17,3)19(18)6-7-50(20,29)2)71-46-38(66)35(63)40(28(14-55)75-46)76-49-43(42(33(61)27(13-54)74-49)78-45-36(64)30(58)22(57)15-69-45)79-48-39(67)41(32(60)26(12-53)73-48)77-47-37(65)34(62)31(59)25(11-52)72-47/h4,16,18-43,45-49,52-67H,5-15H2,1-3H3/t16-,18+,19-,20-,21+,22+,23+,24-,25+,26+,27+,28+,29-,30-,31+,32+,33+,34-,35+,36+,37+,38+,39+,40-,41-,42-,43+,45-,46+,47-,48-,49-,50-,51-/m0/s1. The van der Waals surface area contributed by atoms with Gasteiger partial charge in [0.2, 0.25) is 0 Å². The Morgan fingerprint density at radius 2 is 1.10 bits per heavy atom. The fourth-order valence-corrected chi connectivity index (χ4v) is 15.2. The van der Waals surface area contributed by atoms with Crippen LogP contribution in [0, 0.1) is 40.4 Å². The number of aliphatic hydroxyl groups is 16. The molecular weight excluding hydrogens is 1060 g/mol. The maximum atomic E-state index is 12.6. The molecule has 10 aliphatic rings. The highest BCUT2D eigenvalue weighted by molar-refractivity contribution is 5.75. The molecule has 0 aromatic carbocycles. The van der Waals surface area contributed by atoms with Crippen LogP contribution in [-0.2, 0) is 56.9 Å². The van der Waals surface area contributed by atoms with Gasteiger partial charge in [-0.15, -0.1) is 0 Å². The number of ether oxygens (including phenoxy) is 11. The molecule has 79 heavy (non-hydrogen) atoms. The van der Waals surface area contributed by atoms with E-state index in [0.717, 1.165) is 31.3 Å². The largest absolute Gasteiger partial charge is 0.462 e. The number of rotatable bonds is 14. The van der Waals surface area contributed by atoms with Gasteiger partial charge in [-0.1, -0.05) is 32.4 Å². The predicted octanol–water partition coefficient (Wildman–Crippen LogP) is -7.17. The number of hydrogen-bond acceptors (Lipinski definition) is 28. The summed E-state index contributed by atoms with van der Waals surface area (Å²) in [7, 11) is 0. The third kappa shape index (κ3) is 10.6. The molecule has 0 bridgehead atoms. The van der Waals surface area contributed by atoms with Gasteiger partial charge in [-0.25, -0.2) is 0 Å². The van der Waals surface area contributed by atoms with Gasteiger partial charge in [0.15, 0.2) is 31.5 Å². The van der Waals surface area contributed by atoms with Crippen molar-refractivity contribution in [2.75, 3.05) is 33.0 Å². The lowest BCUT2D eigenvalue weighted by molar-refractivity contribution is -0.409. The summed E-state index contributed by atoms with van der Waals surface area (Å²) in [5, 5.41) is 175. The Balaban J connectivity index is 0.874. The lowest BCUT2D eigenvalue weighted by atomic mass is 9.46. The van der Waals surface area contributed by atoms with E-state index in [1.54, 1.807) is 0 Å². The van der Waals surface area contributed by atoms with Crippen molar-refractivity contribution in [2.45, 2.75) is 225 Å². The first-order chi connectivity index (χ1) is 37.5. The highest BCUT2D eigenvalue weighted by Gasteiger charge is 2.67. The number of carbonyl (C=O) groups is 1. The van der Waals surface area contributed by atoms with Crippen LogP contribution in [0.4, 0.5) is 0 Å². The first kappa shape index (κ1) is 60.3. The van der Waals surface area contributed by atoms with Crippen molar-refractivity contribution < 1.29 is 139 Å². The highest BCUT2D eigenvalue weighted by atomic mass is 16.8. The van der Waals surface area contributed by atoms with E-state index in [0.29, 0.717) is 18.3 Å². The fraction of sp³-hybridized carbons (Fsp3) is 0.941. The zero-order valence-electron chi connectivity index (χ0n) is 43.9. The molecule has 452 valence electrons. The average Bonchev–Trinajstić information content (AvgIpc) is 3.49. The summed E-state index contributed by atoms with van der Waals surface area (Å²) in [4.78, 5) is 12.6. The van der Waals surface area contributed by atoms with E-state index >= 15 is 0 Å². The van der Waals surface area contributed by atoms with Crippen molar-refractivity contribution in [1.82, 2.24) is 0 Å². The first-order valence-electron chi connectivity index (χ1n) is 27.5. The smallest absolute Gasteiger partial charge is 0.309 e. The van der Waals surface area contributed by atoms with Crippen LogP contribution < -0.4 is 0 Å². The van der Waals surface area contributed by atoms with Gasteiger partial charge >= 0.3 is 5.97 Å². The van der Waals surface area contributed by atoms with Gasteiger partial charge in [0.1, 0.15) is 122 Å². The second-order valence-corrected chi connectivity index (χ2v) is 24.0. The summed E-state index contributed by atoms with van der Waals surface area (Å²) < 4.78 is 65.0. The van der Waals surface area contributed by atoms with E-state index in [-0.39, 0.29) is 41.7 Å². The molecule has 10 rings (SSSR count). The Bertz CT molecular complexity index is 2130. The van der Waals surface area contributed by atoms with Crippen molar-refractivity contribution in [1.29, 1.82) is 0 Å². The lowest BCUT2D eigenvalue weighted by Crippen LogP contribution is -2.69. The second-order valence-electron chi connectivity index (χ2n) is 24.0. The molecule has 28 nitrogen and oxygen atoms in total. The molecule has 16 N–H and O–H groups in total. The predicted molar refractivity (Wildman–Crippen MR) is 254 cm³/mol. The van der Waals surface area contributed by atoms with Crippen LogP contribution in [0.15, 0.2) is 11.6 Å². The normalized spacial score (nSPS) is 55.7. The lowest BCUT2D eigenvalue weighted by Gasteiger charge is -2.59. The quantitative estimate of drug-likeness (QED) is 0.0568. The van der Waals surface area contributed by atoms with E-state index in [9.17, 15) is 86.5 Å². The molecule has 0 radical (unpaired) electrons. The molecule has 3 saturated carbocycles. The fourth-order valence-electron chi connectivity index (χ4n) is 15.2. The maximum absolute atomic E-state index is 12.6. The molecule has 28 heteroatoms. The number of fused-ring (bicyclic) bond motifs is 7. The zero-order chi connectivity index (χ0) is 56.9. The summed E-state index contributed by atoms with van der Waals surface area (Å²) in [5.74, 6) is 0.723. The average molecular weight is 1140 g/mol. The minimum absolute atomic E-state index is 0.0574. The van der Waals surface area contributed by atoms with Crippen molar-refractivity contribution in [2.24, 2.45) is 40.4 Å². The molecule has 6 aliphatic heterocycles. The summed E-state index contributed by atoms with van der Waals surface area (Å²) in [6.07, 6.45) is -41.3. The van der Waals surface area contributed by atoms with E-state index in [1.807, 2.05) is 6.92 Å². The monoisotopic (exact) mass is 1140 g/mol. The van der Waals surface area contributed by atoms with Gasteiger partial charge in [-0.2, -0.15) is 0 Å². The topological polar surface area (TPSA) is 442 Å². The van der Waals surface area contributed by atoms with Crippen molar-refractivity contribution in [3.63, 3.8) is 0 Å². The van der Waals surface area contributed by atoms with E-state index in [2.05, 4.69) is 19.9 Å². The third-order valence-electron chi connectivity index (χ3n) is 19.6. The molecule has 6 saturated heterocycles. The van der Waals surface area contributed by atoms with Gasteiger partial charge in [-0.05, 0) is 67.1 Å². The number of carbonyl (C=O) groups excluding carboxylic acids is 1. The molecule has 0 amide bonds. The first-order valence-corrected chi connectivity index (χ1v) is 27.5. The Morgan fingerprint density at radius 1 is 0.557 bits per heavy atom. The van der Waals surface area contributed by atoms with Crippen molar-refractivity contribution >= 4 is 5.97 Å². The van der Waals surface area contributed by atoms with Gasteiger partial charge in [0.25, 0.3) is 0 Å². The van der Waals surface area contributed by atoms with Gasteiger partial charge in [-0.3, -0.25) is 4.79 Å². The maximum Gasteiger partial charge on any atom is 0.309 e. The molecule has 4 aliphatic carbocycles. The van der Waals surface area contributed by atoms with Crippen LogP contribution in [-0.4, -0.2) is 286 Å². The van der Waals surface area contributed by atoms with Crippen LogP contribution in [0.1, 0.15) is 59.3 Å².